The van der Waals surface area contributed by atoms with Crippen LogP contribution >= 0.6 is 0 Å². The molecule has 1 aliphatic carbocycles. The Morgan fingerprint density at radius 1 is 1.25 bits per heavy atom. The monoisotopic (exact) mass is 233 g/mol. The molecule has 0 aromatic heterocycles. The van der Waals surface area contributed by atoms with Crippen molar-refractivity contribution in [3.8, 4) is 0 Å². The van der Waals surface area contributed by atoms with Crippen molar-refractivity contribution in [3.63, 3.8) is 0 Å². The van der Waals surface area contributed by atoms with Crippen molar-refractivity contribution < 1.29 is 8.78 Å². The Morgan fingerprint density at radius 3 is 2.12 bits per heavy atom. The van der Waals surface area contributed by atoms with Crippen LogP contribution in [0.5, 0.6) is 0 Å². The van der Waals surface area contributed by atoms with Gasteiger partial charge in [0.2, 0.25) is 5.92 Å². The van der Waals surface area contributed by atoms with Gasteiger partial charge in [-0.25, -0.2) is 8.78 Å². The Labute approximate surface area is 98.0 Å². The standard InChI is InChI=1S/C13H25F2N/c1-5-16-11(12(2,3)4)10-6-8-13(14,15)9-7-10/h10-11,16H,5-9H2,1-4H3. The topological polar surface area (TPSA) is 12.0 Å². The number of hydrogen-bond acceptors (Lipinski definition) is 1. The number of rotatable bonds is 3. The number of alkyl halides is 2. The second-order valence-electron chi connectivity index (χ2n) is 6.09. The Bertz CT molecular complexity index is 210. The zero-order valence-electron chi connectivity index (χ0n) is 10.9. The van der Waals surface area contributed by atoms with E-state index in [1.807, 2.05) is 0 Å². The van der Waals surface area contributed by atoms with Crippen molar-refractivity contribution >= 4 is 0 Å². The summed E-state index contributed by atoms with van der Waals surface area (Å²) >= 11 is 0. The molecule has 0 heterocycles. The van der Waals surface area contributed by atoms with E-state index in [0.717, 1.165) is 6.54 Å². The molecule has 0 radical (unpaired) electrons. The molecule has 3 heteroatoms. The third-order valence-electron chi connectivity index (χ3n) is 3.59. The molecule has 1 nitrogen and oxygen atoms in total. The van der Waals surface area contributed by atoms with Gasteiger partial charge >= 0.3 is 0 Å². The highest BCUT2D eigenvalue weighted by atomic mass is 19.3. The molecule has 1 saturated carbocycles. The predicted octanol–water partition coefficient (Wildman–Crippen LogP) is 3.84. The van der Waals surface area contributed by atoms with Gasteiger partial charge in [0, 0.05) is 18.9 Å². The molecular formula is C13H25F2N. The first-order valence-corrected chi connectivity index (χ1v) is 6.37. The fourth-order valence-electron chi connectivity index (χ4n) is 2.80. The van der Waals surface area contributed by atoms with Crippen molar-refractivity contribution in [1.29, 1.82) is 0 Å². The van der Waals surface area contributed by atoms with Gasteiger partial charge in [0.15, 0.2) is 0 Å². The summed E-state index contributed by atoms with van der Waals surface area (Å²) in [5.41, 5.74) is 0.146. The summed E-state index contributed by atoms with van der Waals surface area (Å²) in [6.07, 6.45) is 1.44. The SMILES string of the molecule is CCNC(C1CCC(F)(F)CC1)C(C)(C)C. The molecule has 1 N–H and O–H groups in total. The molecule has 1 fully saturated rings. The van der Waals surface area contributed by atoms with Gasteiger partial charge in [-0.05, 0) is 30.7 Å². The van der Waals surface area contributed by atoms with Crippen LogP contribution < -0.4 is 5.32 Å². The third-order valence-corrected chi connectivity index (χ3v) is 3.59. The zero-order chi connectivity index (χ0) is 12.4. The summed E-state index contributed by atoms with van der Waals surface area (Å²) in [5, 5.41) is 3.47. The van der Waals surface area contributed by atoms with E-state index in [9.17, 15) is 8.78 Å². The highest BCUT2D eigenvalue weighted by molar-refractivity contribution is 4.90. The Balaban J connectivity index is 2.61. The summed E-state index contributed by atoms with van der Waals surface area (Å²) in [5.74, 6) is -2.01. The summed E-state index contributed by atoms with van der Waals surface area (Å²) < 4.78 is 26.2. The highest BCUT2D eigenvalue weighted by Crippen LogP contribution is 2.40. The van der Waals surface area contributed by atoms with E-state index in [1.165, 1.54) is 0 Å². The average molecular weight is 233 g/mol. The molecule has 0 bridgehead atoms. The first-order chi connectivity index (χ1) is 7.26. The lowest BCUT2D eigenvalue weighted by atomic mass is 9.72. The van der Waals surface area contributed by atoms with E-state index in [2.05, 4.69) is 33.0 Å². The maximum atomic E-state index is 13.1. The molecule has 0 aromatic rings. The van der Waals surface area contributed by atoms with Gasteiger partial charge in [0.25, 0.3) is 0 Å². The van der Waals surface area contributed by atoms with Crippen LogP contribution in [-0.2, 0) is 0 Å². The Kier molecular flexibility index (Phi) is 4.33. The van der Waals surface area contributed by atoms with Crippen LogP contribution in [-0.4, -0.2) is 18.5 Å². The average Bonchev–Trinajstić information content (AvgIpc) is 2.13. The number of nitrogens with one attached hydrogen (secondary N) is 1. The fourth-order valence-corrected chi connectivity index (χ4v) is 2.80. The molecule has 0 spiro atoms. The summed E-state index contributed by atoms with van der Waals surface area (Å²) in [6.45, 7) is 9.55. The summed E-state index contributed by atoms with van der Waals surface area (Å²) in [6, 6.07) is 0.355. The lowest BCUT2D eigenvalue weighted by molar-refractivity contribution is -0.0544. The molecule has 0 amide bonds. The predicted molar refractivity (Wildman–Crippen MR) is 63.8 cm³/mol. The molecule has 1 rings (SSSR count). The van der Waals surface area contributed by atoms with Gasteiger partial charge in [-0.15, -0.1) is 0 Å². The van der Waals surface area contributed by atoms with Crippen LogP contribution in [0.15, 0.2) is 0 Å². The third kappa shape index (κ3) is 3.69. The van der Waals surface area contributed by atoms with Crippen LogP contribution in [0.4, 0.5) is 8.78 Å². The second-order valence-corrected chi connectivity index (χ2v) is 6.09. The van der Waals surface area contributed by atoms with Crippen LogP contribution in [0.25, 0.3) is 0 Å². The van der Waals surface area contributed by atoms with E-state index in [4.69, 9.17) is 0 Å². The summed E-state index contributed by atoms with van der Waals surface area (Å²) in [4.78, 5) is 0. The van der Waals surface area contributed by atoms with Gasteiger partial charge in [0.05, 0.1) is 0 Å². The number of hydrogen-bond donors (Lipinski definition) is 1. The Hall–Kier alpha value is -0.180. The van der Waals surface area contributed by atoms with E-state index in [1.54, 1.807) is 0 Å². The highest BCUT2D eigenvalue weighted by Gasteiger charge is 2.40. The maximum Gasteiger partial charge on any atom is 0.248 e. The molecule has 1 unspecified atom stereocenters. The van der Waals surface area contributed by atoms with Gasteiger partial charge in [-0.2, -0.15) is 0 Å². The van der Waals surface area contributed by atoms with Gasteiger partial charge in [0.1, 0.15) is 0 Å². The van der Waals surface area contributed by atoms with Crippen LogP contribution in [0.2, 0.25) is 0 Å². The van der Waals surface area contributed by atoms with Crippen molar-refractivity contribution in [2.75, 3.05) is 6.54 Å². The minimum absolute atomic E-state index is 0.0651. The zero-order valence-corrected chi connectivity index (χ0v) is 10.9. The number of halogens is 2. The van der Waals surface area contributed by atoms with Crippen LogP contribution in [0, 0.1) is 11.3 Å². The minimum atomic E-state index is -2.41. The molecule has 0 saturated heterocycles. The first-order valence-electron chi connectivity index (χ1n) is 6.37. The van der Waals surface area contributed by atoms with E-state index >= 15 is 0 Å². The lowest BCUT2D eigenvalue weighted by Gasteiger charge is -2.41. The summed E-state index contributed by atoms with van der Waals surface area (Å²) in [7, 11) is 0. The van der Waals surface area contributed by atoms with Crippen molar-refractivity contribution in [1.82, 2.24) is 5.32 Å². The first kappa shape index (κ1) is 13.9. The van der Waals surface area contributed by atoms with Crippen LogP contribution in [0.3, 0.4) is 0 Å². The largest absolute Gasteiger partial charge is 0.313 e. The van der Waals surface area contributed by atoms with E-state index in [0.29, 0.717) is 24.8 Å². The minimum Gasteiger partial charge on any atom is -0.313 e. The normalized spacial score (nSPS) is 24.4. The smallest absolute Gasteiger partial charge is 0.248 e. The van der Waals surface area contributed by atoms with Gasteiger partial charge in [-0.1, -0.05) is 27.7 Å². The van der Waals surface area contributed by atoms with Crippen LogP contribution in [0.1, 0.15) is 53.4 Å². The van der Waals surface area contributed by atoms with Crippen molar-refractivity contribution in [2.45, 2.75) is 65.3 Å². The molecule has 16 heavy (non-hydrogen) atoms. The van der Waals surface area contributed by atoms with Gasteiger partial charge < -0.3 is 5.32 Å². The van der Waals surface area contributed by atoms with Gasteiger partial charge in [-0.3, -0.25) is 0 Å². The lowest BCUT2D eigenvalue weighted by Crippen LogP contribution is -2.47. The molecular weight excluding hydrogens is 208 g/mol. The van der Waals surface area contributed by atoms with E-state index < -0.39 is 5.92 Å². The molecule has 1 atom stereocenters. The van der Waals surface area contributed by atoms with Crippen molar-refractivity contribution in [3.05, 3.63) is 0 Å². The van der Waals surface area contributed by atoms with E-state index in [-0.39, 0.29) is 18.3 Å². The second kappa shape index (κ2) is 4.99. The molecule has 96 valence electrons. The molecule has 0 aromatic carbocycles. The maximum absolute atomic E-state index is 13.1. The molecule has 1 aliphatic rings. The Morgan fingerprint density at radius 2 is 1.75 bits per heavy atom. The quantitative estimate of drug-likeness (QED) is 0.781. The fraction of sp³-hybridized carbons (Fsp3) is 1.00. The molecule has 0 aliphatic heterocycles. The van der Waals surface area contributed by atoms with Crippen molar-refractivity contribution in [2.24, 2.45) is 11.3 Å².